The van der Waals surface area contributed by atoms with Crippen LogP contribution in [0.25, 0.3) is 0 Å². The number of ether oxygens (including phenoxy) is 1. The van der Waals surface area contributed by atoms with Gasteiger partial charge in [-0.3, -0.25) is 0 Å². The number of hydrogen-bond acceptors (Lipinski definition) is 6. The predicted molar refractivity (Wildman–Crippen MR) is 85.2 cm³/mol. The Morgan fingerprint density at radius 1 is 1.10 bits per heavy atom. The molecule has 1 N–H and O–H groups in total. The van der Waals surface area contributed by atoms with Gasteiger partial charge in [-0.05, 0) is 62.7 Å². The van der Waals surface area contributed by atoms with Gasteiger partial charge in [0, 0.05) is 11.4 Å². The highest BCUT2D eigenvalue weighted by atomic mass is 32.2. The molecule has 0 unspecified atom stereocenters. The Morgan fingerprint density at radius 2 is 1.90 bits per heavy atom. The average Bonchev–Trinajstić information content (AvgIpc) is 2.43. The van der Waals surface area contributed by atoms with Crippen molar-refractivity contribution >= 4 is 17.7 Å². The monoisotopic (exact) mass is 304 g/mol. The van der Waals surface area contributed by atoms with E-state index in [4.69, 9.17) is 4.74 Å². The summed E-state index contributed by atoms with van der Waals surface area (Å²) in [7, 11) is 0. The molecular formula is C15H20N4OS. The molecule has 1 aromatic carbocycles. The lowest BCUT2D eigenvalue weighted by Gasteiger charge is -2.08. The number of anilines is 1. The second-order valence-corrected chi connectivity index (χ2v) is 5.58. The third-order valence-electron chi connectivity index (χ3n) is 2.89. The van der Waals surface area contributed by atoms with Crippen LogP contribution in [-0.2, 0) is 0 Å². The molecule has 0 aliphatic rings. The quantitative estimate of drug-likeness (QED) is 0.882. The fraction of sp³-hybridized carbons (Fsp3) is 0.400. The zero-order valence-electron chi connectivity index (χ0n) is 12.8. The minimum atomic E-state index is 0.356. The van der Waals surface area contributed by atoms with E-state index in [0.717, 1.165) is 11.4 Å². The molecule has 0 radical (unpaired) electrons. The lowest BCUT2D eigenvalue weighted by Crippen LogP contribution is -2.07. The van der Waals surface area contributed by atoms with Crippen LogP contribution in [0.15, 0.2) is 28.3 Å². The molecule has 0 spiro atoms. The van der Waals surface area contributed by atoms with E-state index in [1.165, 1.54) is 22.9 Å². The van der Waals surface area contributed by atoms with Gasteiger partial charge in [-0.15, -0.1) is 0 Å². The standard InChI is InChI=1S/C15H20N4OS/c1-5-16-13-17-14(20-6-2)19-15(18-13)21-12-8-7-10(3)11(4)9-12/h7-9H,5-6H2,1-4H3,(H,16,17,18,19). The lowest BCUT2D eigenvalue weighted by molar-refractivity contribution is 0.308. The molecule has 0 saturated carbocycles. The van der Waals surface area contributed by atoms with Crippen LogP contribution in [0.1, 0.15) is 25.0 Å². The zero-order chi connectivity index (χ0) is 15.2. The Bertz CT molecular complexity index is 594. The summed E-state index contributed by atoms with van der Waals surface area (Å²) in [5, 5.41) is 3.73. The van der Waals surface area contributed by atoms with Gasteiger partial charge < -0.3 is 10.1 Å². The van der Waals surface area contributed by atoms with Crippen molar-refractivity contribution in [2.45, 2.75) is 37.7 Å². The summed E-state index contributed by atoms with van der Waals surface area (Å²) in [4.78, 5) is 14.1. The van der Waals surface area contributed by atoms with Gasteiger partial charge in [0.15, 0.2) is 0 Å². The van der Waals surface area contributed by atoms with E-state index in [1.807, 2.05) is 13.8 Å². The molecule has 0 aliphatic heterocycles. The van der Waals surface area contributed by atoms with Crippen molar-refractivity contribution in [1.29, 1.82) is 0 Å². The number of hydrogen-bond donors (Lipinski definition) is 1. The van der Waals surface area contributed by atoms with Gasteiger partial charge in [-0.1, -0.05) is 6.07 Å². The van der Waals surface area contributed by atoms with Gasteiger partial charge in [0.2, 0.25) is 11.1 Å². The molecule has 2 aromatic rings. The third kappa shape index (κ3) is 4.32. The maximum Gasteiger partial charge on any atom is 0.322 e. The Hall–Kier alpha value is -1.82. The third-order valence-corrected chi connectivity index (χ3v) is 3.75. The lowest BCUT2D eigenvalue weighted by atomic mass is 10.1. The van der Waals surface area contributed by atoms with E-state index >= 15 is 0 Å². The highest BCUT2D eigenvalue weighted by molar-refractivity contribution is 7.99. The maximum atomic E-state index is 5.40. The minimum Gasteiger partial charge on any atom is -0.464 e. The molecule has 0 amide bonds. The van der Waals surface area contributed by atoms with Gasteiger partial charge in [0.1, 0.15) is 0 Å². The molecule has 1 heterocycles. The first-order valence-corrected chi connectivity index (χ1v) is 7.81. The van der Waals surface area contributed by atoms with Crippen molar-refractivity contribution in [3.63, 3.8) is 0 Å². The van der Waals surface area contributed by atoms with Crippen LogP contribution in [0.2, 0.25) is 0 Å². The van der Waals surface area contributed by atoms with Gasteiger partial charge in [-0.2, -0.15) is 15.0 Å². The van der Waals surface area contributed by atoms with Crippen LogP contribution in [0.3, 0.4) is 0 Å². The molecule has 6 heteroatoms. The van der Waals surface area contributed by atoms with E-state index in [9.17, 15) is 0 Å². The normalized spacial score (nSPS) is 10.5. The maximum absolute atomic E-state index is 5.40. The zero-order valence-corrected chi connectivity index (χ0v) is 13.6. The number of aromatic nitrogens is 3. The van der Waals surface area contributed by atoms with Crippen LogP contribution in [0, 0.1) is 13.8 Å². The SMILES string of the molecule is CCNc1nc(OCC)nc(Sc2ccc(C)c(C)c2)n1. The Labute approximate surface area is 129 Å². The van der Waals surface area contributed by atoms with Crippen LogP contribution < -0.4 is 10.1 Å². The number of aryl methyl sites for hydroxylation is 2. The van der Waals surface area contributed by atoms with Crippen LogP contribution >= 0.6 is 11.8 Å². The minimum absolute atomic E-state index is 0.356. The summed E-state index contributed by atoms with van der Waals surface area (Å²) in [6.07, 6.45) is 0. The summed E-state index contributed by atoms with van der Waals surface area (Å²) >= 11 is 1.51. The van der Waals surface area contributed by atoms with E-state index in [-0.39, 0.29) is 0 Å². The predicted octanol–water partition coefficient (Wildman–Crippen LogP) is 3.47. The summed E-state index contributed by atoms with van der Waals surface area (Å²) < 4.78 is 5.40. The second-order valence-electron chi connectivity index (χ2n) is 4.54. The van der Waals surface area contributed by atoms with Crippen molar-refractivity contribution in [3.8, 4) is 6.01 Å². The van der Waals surface area contributed by atoms with Crippen LogP contribution in [0.4, 0.5) is 5.95 Å². The van der Waals surface area contributed by atoms with E-state index in [1.54, 1.807) is 0 Å². The Balaban J connectivity index is 2.26. The highest BCUT2D eigenvalue weighted by Gasteiger charge is 2.09. The Morgan fingerprint density at radius 3 is 2.57 bits per heavy atom. The molecule has 0 atom stereocenters. The fourth-order valence-corrected chi connectivity index (χ4v) is 2.54. The molecule has 1 aromatic heterocycles. The molecule has 2 rings (SSSR count). The van der Waals surface area contributed by atoms with Crippen molar-refractivity contribution in [3.05, 3.63) is 29.3 Å². The van der Waals surface area contributed by atoms with Crippen molar-refractivity contribution in [2.75, 3.05) is 18.5 Å². The summed E-state index contributed by atoms with van der Waals surface area (Å²) in [5.74, 6) is 0.544. The number of nitrogens with one attached hydrogen (secondary N) is 1. The molecule has 0 aliphatic carbocycles. The largest absolute Gasteiger partial charge is 0.464 e. The van der Waals surface area contributed by atoms with Gasteiger partial charge >= 0.3 is 6.01 Å². The first kappa shape index (κ1) is 15.6. The average molecular weight is 304 g/mol. The number of rotatable bonds is 6. The molecular weight excluding hydrogens is 284 g/mol. The van der Waals surface area contributed by atoms with Gasteiger partial charge in [0.05, 0.1) is 6.61 Å². The van der Waals surface area contributed by atoms with Crippen molar-refractivity contribution in [1.82, 2.24) is 15.0 Å². The van der Waals surface area contributed by atoms with Crippen LogP contribution in [0.5, 0.6) is 6.01 Å². The molecule has 0 bridgehead atoms. The molecule has 0 fully saturated rings. The Kier molecular flexibility index (Phi) is 5.38. The molecule has 21 heavy (non-hydrogen) atoms. The number of benzene rings is 1. The van der Waals surface area contributed by atoms with Gasteiger partial charge in [-0.25, -0.2) is 0 Å². The molecule has 5 nitrogen and oxygen atoms in total. The smallest absolute Gasteiger partial charge is 0.322 e. The summed E-state index contributed by atoms with van der Waals surface area (Å²) in [6, 6.07) is 6.67. The number of nitrogens with zero attached hydrogens (tertiary/aromatic N) is 3. The highest BCUT2D eigenvalue weighted by Crippen LogP contribution is 2.27. The first-order chi connectivity index (χ1) is 10.1. The van der Waals surface area contributed by atoms with E-state index in [0.29, 0.717) is 23.7 Å². The van der Waals surface area contributed by atoms with E-state index in [2.05, 4.69) is 52.3 Å². The van der Waals surface area contributed by atoms with Gasteiger partial charge in [0.25, 0.3) is 0 Å². The van der Waals surface area contributed by atoms with Crippen molar-refractivity contribution in [2.24, 2.45) is 0 Å². The van der Waals surface area contributed by atoms with E-state index < -0.39 is 0 Å². The van der Waals surface area contributed by atoms with Crippen molar-refractivity contribution < 1.29 is 4.74 Å². The molecule has 112 valence electrons. The fourth-order valence-electron chi connectivity index (χ4n) is 1.70. The first-order valence-electron chi connectivity index (χ1n) is 7.00. The summed E-state index contributed by atoms with van der Waals surface area (Å²) in [6.45, 7) is 9.39. The summed E-state index contributed by atoms with van der Waals surface area (Å²) in [5.41, 5.74) is 2.53. The van der Waals surface area contributed by atoms with Crippen LogP contribution in [-0.4, -0.2) is 28.1 Å². The topological polar surface area (TPSA) is 59.9 Å². The molecule has 0 saturated heterocycles. The second kappa shape index (κ2) is 7.26.